The van der Waals surface area contributed by atoms with Crippen molar-refractivity contribution in [3.05, 3.63) is 60.2 Å². The molecule has 3 heteroatoms. The van der Waals surface area contributed by atoms with E-state index in [0.717, 1.165) is 11.5 Å². The monoisotopic (exact) mass is 285 g/mol. The molecule has 21 heavy (non-hydrogen) atoms. The van der Waals surface area contributed by atoms with Crippen LogP contribution in [-0.4, -0.2) is 19.8 Å². The summed E-state index contributed by atoms with van der Waals surface area (Å²) in [7, 11) is 1.94. The molecule has 1 unspecified atom stereocenters. The smallest absolute Gasteiger partial charge is 0.119 e. The van der Waals surface area contributed by atoms with Crippen molar-refractivity contribution < 1.29 is 9.47 Å². The van der Waals surface area contributed by atoms with Gasteiger partial charge < -0.3 is 14.8 Å². The van der Waals surface area contributed by atoms with Crippen molar-refractivity contribution in [2.75, 3.05) is 13.7 Å². The highest BCUT2D eigenvalue weighted by Gasteiger charge is 2.10. The molecular weight excluding hydrogens is 262 g/mol. The van der Waals surface area contributed by atoms with Gasteiger partial charge in [-0.25, -0.2) is 0 Å². The largest absolute Gasteiger partial charge is 0.492 e. The summed E-state index contributed by atoms with van der Waals surface area (Å²) in [5, 5.41) is 3.28. The van der Waals surface area contributed by atoms with Crippen LogP contribution < -0.4 is 14.8 Å². The van der Waals surface area contributed by atoms with Crippen molar-refractivity contribution >= 4 is 0 Å². The van der Waals surface area contributed by atoms with E-state index in [-0.39, 0.29) is 12.1 Å². The number of rotatable bonds is 7. The minimum atomic E-state index is 0.151. The van der Waals surface area contributed by atoms with Crippen LogP contribution in [0.4, 0.5) is 0 Å². The fraction of sp³-hybridized carbons (Fsp3) is 0.333. The van der Waals surface area contributed by atoms with Crippen molar-refractivity contribution in [3.8, 4) is 11.5 Å². The Labute approximate surface area is 126 Å². The Morgan fingerprint density at radius 2 is 1.57 bits per heavy atom. The van der Waals surface area contributed by atoms with Gasteiger partial charge in [0, 0.05) is 0 Å². The second kappa shape index (κ2) is 7.70. The highest BCUT2D eigenvalue weighted by Crippen LogP contribution is 2.20. The average Bonchev–Trinajstić information content (AvgIpc) is 2.50. The summed E-state index contributed by atoms with van der Waals surface area (Å²) in [5.74, 6) is 1.78. The number of hydrogen-bond acceptors (Lipinski definition) is 3. The van der Waals surface area contributed by atoms with E-state index in [4.69, 9.17) is 9.47 Å². The lowest BCUT2D eigenvalue weighted by Gasteiger charge is -2.18. The van der Waals surface area contributed by atoms with Gasteiger partial charge in [-0.2, -0.15) is 0 Å². The molecule has 0 aliphatic carbocycles. The highest BCUT2D eigenvalue weighted by molar-refractivity contribution is 5.29. The van der Waals surface area contributed by atoms with Crippen molar-refractivity contribution in [1.29, 1.82) is 0 Å². The van der Waals surface area contributed by atoms with Gasteiger partial charge in [0.1, 0.15) is 18.1 Å². The fourth-order valence-corrected chi connectivity index (χ4v) is 2.09. The van der Waals surface area contributed by atoms with Gasteiger partial charge in [-0.05, 0) is 50.7 Å². The standard InChI is InChI=1S/C18H23NO2/c1-14(2)21-17-11-9-15(10-12-17)18(19-3)13-20-16-7-5-4-6-8-16/h4-12,14,18-19H,13H2,1-3H3. The Hall–Kier alpha value is -2.00. The number of benzene rings is 2. The molecule has 2 rings (SSSR count). The summed E-state index contributed by atoms with van der Waals surface area (Å²) in [6.07, 6.45) is 0.192. The van der Waals surface area contributed by atoms with E-state index in [1.165, 1.54) is 5.56 Å². The molecule has 3 nitrogen and oxygen atoms in total. The van der Waals surface area contributed by atoms with Gasteiger partial charge in [-0.1, -0.05) is 30.3 Å². The van der Waals surface area contributed by atoms with Gasteiger partial charge in [-0.3, -0.25) is 0 Å². The minimum Gasteiger partial charge on any atom is -0.492 e. The fourth-order valence-electron chi connectivity index (χ4n) is 2.09. The number of nitrogens with one attached hydrogen (secondary N) is 1. The van der Waals surface area contributed by atoms with Gasteiger partial charge in [-0.15, -0.1) is 0 Å². The molecule has 1 atom stereocenters. The molecule has 112 valence electrons. The van der Waals surface area contributed by atoms with E-state index in [0.29, 0.717) is 6.61 Å². The first-order valence-corrected chi connectivity index (χ1v) is 7.30. The molecule has 2 aromatic carbocycles. The molecule has 0 aliphatic heterocycles. The first-order chi connectivity index (χ1) is 10.2. The summed E-state index contributed by atoms with van der Waals surface area (Å²) in [6.45, 7) is 4.64. The molecule has 0 saturated heterocycles. The van der Waals surface area contributed by atoms with Crippen LogP contribution >= 0.6 is 0 Å². The van der Waals surface area contributed by atoms with Crippen molar-refractivity contribution in [2.24, 2.45) is 0 Å². The van der Waals surface area contributed by atoms with E-state index in [1.807, 2.05) is 63.4 Å². The van der Waals surface area contributed by atoms with Crippen molar-refractivity contribution in [1.82, 2.24) is 5.32 Å². The summed E-state index contributed by atoms with van der Waals surface area (Å²) in [6, 6.07) is 18.2. The third-order valence-electron chi connectivity index (χ3n) is 3.16. The summed E-state index contributed by atoms with van der Waals surface area (Å²) >= 11 is 0. The highest BCUT2D eigenvalue weighted by atomic mass is 16.5. The average molecular weight is 285 g/mol. The van der Waals surface area contributed by atoms with Crippen LogP contribution in [0, 0.1) is 0 Å². The van der Waals surface area contributed by atoms with Crippen molar-refractivity contribution in [2.45, 2.75) is 26.0 Å². The SMILES string of the molecule is CNC(COc1ccccc1)c1ccc(OC(C)C)cc1. The number of ether oxygens (including phenoxy) is 2. The molecular formula is C18H23NO2. The Kier molecular flexibility index (Phi) is 5.64. The number of likely N-dealkylation sites (N-methyl/N-ethyl adjacent to an activating group) is 1. The van der Waals surface area contributed by atoms with Gasteiger partial charge >= 0.3 is 0 Å². The van der Waals surface area contributed by atoms with E-state index in [1.54, 1.807) is 0 Å². The van der Waals surface area contributed by atoms with Gasteiger partial charge in [0.05, 0.1) is 12.1 Å². The zero-order valence-electron chi connectivity index (χ0n) is 12.9. The molecule has 2 aromatic rings. The van der Waals surface area contributed by atoms with Crippen LogP contribution in [0.15, 0.2) is 54.6 Å². The quantitative estimate of drug-likeness (QED) is 0.839. The predicted octanol–water partition coefficient (Wildman–Crippen LogP) is 3.81. The van der Waals surface area contributed by atoms with Crippen molar-refractivity contribution in [3.63, 3.8) is 0 Å². The molecule has 0 fully saturated rings. The van der Waals surface area contributed by atoms with Crippen LogP contribution in [0.3, 0.4) is 0 Å². The third kappa shape index (κ3) is 4.80. The lowest BCUT2D eigenvalue weighted by molar-refractivity contribution is 0.242. The minimum absolute atomic E-state index is 0.151. The molecule has 0 aliphatic rings. The Morgan fingerprint density at radius 3 is 2.14 bits per heavy atom. The molecule has 0 saturated carbocycles. The van der Waals surface area contributed by atoms with Gasteiger partial charge in [0.25, 0.3) is 0 Å². The number of hydrogen-bond donors (Lipinski definition) is 1. The van der Waals surface area contributed by atoms with Crippen LogP contribution in [0.2, 0.25) is 0 Å². The summed E-state index contributed by atoms with van der Waals surface area (Å²) in [5.41, 5.74) is 1.18. The first kappa shape index (κ1) is 15.4. The Balaban J connectivity index is 1.97. The molecule has 0 heterocycles. The van der Waals surface area contributed by atoms with Crippen LogP contribution in [0.25, 0.3) is 0 Å². The van der Waals surface area contributed by atoms with Gasteiger partial charge in [0.2, 0.25) is 0 Å². The summed E-state index contributed by atoms with van der Waals surface area (Å²) < 4.78 is 11.5. The van der Waals surface area contributed by atoms with E-state index < -0.39 is 0 Å². The molecule has 0 amide bonds. The maximum atomic E-state index is 5.81. The lowest BCUT2D eigenvalue weighted by atomic mass is 10.1. The molecule has 0 aromatic heterocycles. The Bertz CT molecular complexity index is 523. The molecule has 0 bridgehead atoms. The van der Waals surface area contributed by atoms with E-state index in [9.17, 15) is 0 Å². The van der Waals surface area contributed by atoms with Crippen LogP contribution in [-0.2, 0) is 0 Å². The third-order valence-corrected chi connectivity index (χ3v) is 3.16. The zero-order valence-corrected chi connectivity index (χ0v) is 12.9. The van der Waals surface area contributed by atoms with Gasteiger partial charge in [0.15, 0.2) is 0 Å². The topological polar surface area (TPSA) is 30.5 Å². The van der Waals surface area contributed by atoms with E-state index >= 15 is 0 Å². The maximum absolute atomic E-state index is 5.81. The summed E-state index contributed by atoms with van der Waals surface area (Å²) in [4.78, 5) is 0. The maximum Gasteiger partial charge on any atom is 0.119 e. The van der Waals surface area contributed by atoms with Crippen LogP contribution in [0.5, 0.6) is 11.5 Å². The second-order valence-electron chi connectivity index (χ2n) is 5.20. The van der Waals surface area contributed by atoms with E-state index in [2.05, 4.69) is 17.4 Å². The Morgan fingerprint density at radius 1 is 0.905 bits per heavy atom. The predicted molar refractivity (Wildman–Crippen MR) is 85.9 cm³/mol. The lowest BCUT2D eigenvalue weighted by Crippen LogP contribution is -2.23. The molecule has 0 spiro atoms. The number of para-hydroxylation sites is 1. The molecule has 1 N–H and O–H groups in total. The molecule has 0 radical (unpaired) electrons. The second-order valence-corrected chi connectivity index (χ2v) is 5.20. The van der Waals surface area contributed by atoms with Crippen LogP contribution in [0.1, 0.15) is 25.5 Å². The first-order valence-electron chi connectivity index (χ1n) is 7.30. The zero-order chi connectivity index (χ0) is 15.1. The normalized spacial score (nSPS) is 12.2.